The molecule has 0 saturated carbocycles. The van der Waals surface area contributed by atoms with E-state index in [0.717, 1.165) is 16.3 Å². The highest BCUT2D eigenvalue weighted by atomic mass is 16.5. The van der Waals surface area contributed by atoms with Gasteiger partial charge in [0.2, 0.25) is 0 Å². The maximum Gasteiger partial charge on any atom is 0.165 e. The molecular weight excluding hydrogens is 212 g/mol. The van der Waals surface area contributed by atoms with Crippen LogP contribution in [-0.4, -0.2) is 19.0 Å². The van der Waals surface area contributed by atoms with E-state index in [4.69, 9.17) is 4.74 Å². The van der Waals surface area contributed by atoms with Crippen LogP contribution in [0.2, 0.25) is 0 Å². The van der Waals surface area contributed by atoms with Crippen LogP contribution in [0.3, 0.4) is 0 Å². The molecule has 0 N–H and O–H groups in total. The fourth-order valence-electron chi connectivity index (χ4n) is 1.91. The minimum Gasteiger partial charge on any atom is -0.381 e. The Morgan fingerprint density at radius 3 is 2.71 bits per heavy atom. The van der Waals surface area contributed by atoms with Crippen molar-refractivity contribution in [1.29, 1.82) is 0 Å². The van der Waals surface area contributed by atoms with E-state index in [1.54, 1.807) is 0 Å². The summed E-state index contributed by atoms with van der Waals surface area (Å²) < 4.78 is 5.22. The Bertz CT molecular complexity index is 512. The van der Waals surface area contributed by atoms with Crippen LogP contribution in [0.4, 0.5) is 0 Å². The largest absolute Gasteiger partial charge is 0.381 e. The van der Waals surface area contributed by atoms with Crippen molar-refractivity contribution in [3.8, 4) is 0 Å². The third kappa shape index (κ3) is 2.71. The van der Waals surface area contributed by atoms with E-state index < -0.39 is 0 Å². The molecule has 0 saturated heterocycles. The van der Waals surface area contributed by atoms with Crippen LogP contribution in [0.25, 0.3) is 10.8 Å². The molecule has 2 aromatic rings. The summed E-state index contributed by atoms with van der Waals surface area (Å²) in [5.74, 6) is 0.148. The summed E-state index contributed by atoms with van der Waals surface area (Å²) in [6.45, 7) is 3.09. The van der Waals surface area contributed by atoms with Crippen molar-refractivity contribution in [2.75, 3.05) is 13.2 Å². The topological polar surface area (TPSA) is 26.3 Å². The molecule has 0 spiro atoms. The molecule has 2 rings (SSSR count). The van der Waals surface area contributed by atoms with Gasteiger partial charge in [-0.15, -0.1) is 0 Å². The highest BCUT2D eigenvalue weighted by molar-refractivity contribution is 6.08. The Kier molecular flexibility index (Phi) is 3.89. The first-order chi connectivity index (χ1) is 8.33. The molecule has 0 atom stereocenters. The van der Waals surface area contributed by atoms with E-state index in [0.29, 0.717) is 19.6 Å². The molecule has 0 amide bonds. The van der Waals surface area contributed by atoms with Gasteiger partial charge in [0, 0.05) is 18.6 Å². The highest BCUT2D eigenvalue weighted by Crippen LogP contribution is 2.19. The lowest BCUT2D eigenvalue weighted by Gasteiger charge is -2.05. The van der Waals surface area contributed by atoms with Crippen molar-refractivity contribution in [1.82, 2.24) is 0 Å². The average molecular weight is 228 g/mol. The first-order valence-electron chi connectivity index (χ1n) is 5.91. The fraction of sp³-hybridized carbons (Fsp3) is 0.267. The lowest BCUT2D eigenvalue weighted by atomic mass is 10.0. The van der Waals surface area contributed by atoms with Gasteiger partial charge in [-0.25, -0.2) is 0 Å². The molecule has 2 aromatic carbocycles. The molecule has 17 heavy (non-hydrogen) atoms. The standard InChI is InChI=1S/C15H16O2/c1-2-17-11-10-15(16)14-9-5-7-12-6-3-4-8-13(12)14/h3-9H,2,10-11H2,1H3. The monoisotopic (exact) mass is 228 g/mol. The predicted molar refractivity (Wildman–Crippen MR) is 69.4 cm³/mol. The van der Waals surface area contributed by atoms with Gasteiger partial charge in [0.25, 0.3) is 0 Å². The van der Waals surface area contributed by atoms with E-state index in [1.807, 2.05) is 49.4 Å². The molecule has 0 radical (unpaired) electrons. The summed E-state index contributed by atoms with van der Waals surface area (Å²) in [5.41, 5.74) is 0.794. The quantitative estimate of drug-likeness (QED) is 0.578. The number of ketones is 1. The summed E-state index contributed by atoms with van der Waals surface area (Å²) in [6, 6.07) is 13.8. The van der Waals surface area contributed by atoms with Crippen molar-refractivity contribution < 1.29 is 9.53 Å². The van der Waals surface area contributed by atoms with E-state index in [9.17, 15) is 4.79 Å². The molecule has 2 nitrogen and oxygen atoms in total. The van der Waals surface area contributed by atoms with Gasteiger partial charge in [-0.2, -0.15) is 0 Å². The second kappa shape index (κ2) is 5.60. The van der Waals surface area contributed by atoms with Crippen molar-refractivity contribution in [3.05, 3.63) is 48.0 Å². The number of benzene rings is 2. The molecule has 0 aliphatic carbocycles. The summed E-state index contributed by atoms with van der Waals surface area (Å²) in [5, 5.41) is 2.13. The van der Waals surface area contributed by atoms with Crippen LogP contribution in [0, 0.1) is 0 Å². The van der Waals surface area contributed by atoms with Crippen LogP contribution in [0.15, 0.2) is 42.5 Å². The van der Waals surface area contributed by atoms with Gasteiger partial charge in [0.15, 0.2) is 5.78 Å². The molecule has 0 fully saturated rings. The Morgan fingerprint density at radius 1 is 1.12 bits per heavy atom. The minimum atomic E-state index is 0.148. The first kappa shape index (κ1) is 11.8. The van der Waals surface area contributed by atoms with Crippen molar-refractivity contribution in [2.45, 2.75) is 13.3 Å². The Balaban J connectivity index is 2.26. The molecular formula is C15H16O2. The van der Waals surface area contributed by atoms with Gasteiger partial charge in [-0.1, -0.05) is 42.5 Å². The number of ether oxygens (including phenoxy) is 1. The summed E-state index contributed by atoms with van der Waals surface area (Å²) in [6.07, 6.45) is 0.446. The minimum absolute atomic E-state index is 0.148. The van der Waals surface area contributed by atoms with Crippen molar-refractivity contribution in [3.63, 3.8) is 0 Å². The molecule has 2 heteroatoms. The van der Waals surface area contributed by atoms with Gasteiger partial charge < -0.3 is 4.74 Å². The Morgan fingerprint density at radius 2 is 1.88 bits per heavy atom. The van der Waals surface area contributed by atoms with Crippen molar-refractivity contribution in [2.24, 2.45) is 0 Å². The van der Waals surface area contributed by atoms with E-state index >= 15 is 0 Å². The zero-order valence-electron chi connectivity index (χ0n) is 9.98. The van der Waals surface area contributed by atoms with Crippen LogP contribution in [0.1, 0.15) is 23.7 Å². The van der Waals surface area contributed by atoms with E-state index in [1.165, 1.54) is 0 Å². The summed E-state index contributed by atoms with van der Waals surface area (Å²) in [4.78, 5) is 12.1. The molecule has 0 aliphatic rings. The molecule has 0 bridgehead atoms. The molecule has 88 valence electrons. The first-order valence-corrected chi connectivity index (χ1v) is 5.91. The van der Waals surface area contributed by atoms with Crippen LogP contribution in [-0.2, 0) is 4.74 Å². The maximum atomic E-state index is 12.1. The van der Waals surface area contributed by atoms with Gasteiger partial charge in [0.05, 0.1) is 6.61 Å². The van der Waals surface area contributed by atoms with E-state index in [-0.39, 0.29) is 5.78 Å². The van der Waals surface area contributed by atoms with Crippen LogP contribution < -0.4 is 0 Å². The number of fused-ring (bicyclic) bond motifs is 1. The molecule has 0 aromatic heterocycles. The van der Waals surface area contributed by atoms with E-state index in [2.05, 4.69) is 0 Å². The zero-order chi connectivity index (χ0) is 12.1. The lowest BCUT2D eigenvalue weighted by Crippen LogP contribution is -2.05. The third-order valence-electron chi connectivity index (χ3n) is 2.77. The van der Waals surface area contributed by atoms with Crippen LogP contribution >= 0.6 is 0 Å². The molecule has 0 aliphatic heterocycles. The molecule has 0 heterocycles. The van der Waals surface area contributed by atoms with Gasteiger partial charge in [-0.05, 0) is 17.7 Å². The second-order valence-electron chi connectivity index (χ2n) is 3.90. The lowest BCUT2D eigenvalue weighted by molar-refractivity contribution is 0.0897. The normalized spacial score (nSPS) is 10.6. The summed E-state index contributed by atoms with van der Waals surface area (Å²) in [7, 11) is 0. The van der Waals surface area contributed by atoms with Gasteiger partial charge in [0.1, 0.15) is 0 Å². The number of Topliss-reactive ketones (excluding diaryl/α,β-unsaturated/α-hetero) is 1. The summed E-state index contributed by atoms with van der Waals surface area (Å²) >= 11 is 0. The number of hydrogen-bond acceptors (Lipinski definition) is 2. The smallest absolute Gasteiger partial charge is 0.165 e. The number of rotatable bonds is 5. The van der Waals surface area contributed by atoms with Gasteiger partial charge >= 0.3 is 0 Å². The van der Waals surface area contributed by atoms with Crippen molar-refractivity contribution >= 4 is 16.6 Å². The van der Waals surface area contributed by atoms with Crippen LogP contribution in [0.5, 0.6) is 0 Å². The maximum absolute atomic E-state index is 12.1. The molecule has 0 unspecified atom stereocenters. The SMILES string of the molecule is CCOCCC(=O)c1cccc2ccccc12. The highest BCUT2D eigenvalue weighted by Gasteiger charge is 2.08. The number of carbonyl (C=O) groups is 1. The Labute approximate surface area is 101 Å². The average Bonchev–Trinajstić information content (AvgIpc) is 2.38. The Hall–Kier alpha value is -1.67. The van der Waals surface area contributed by atoms with Gasteiger partial charge in [-0.3, -0.25) is 4.79 Å². The predicted octanol–water partition coefficient (Wildman–Crippen LogP) is 3.45. The second-order valence-corrected chi connectivity index (χ2v) is 3.90. The third-order valence-corrected chi connectivity index (χ3v) is 2.77. The zero-order valence-corrected chi connectivity index (χ0v) is 9.98. The number of carbonyl (C=O) groups excluding carboxylic acids is 1. The number of hydrogen-bond donors (Lipinski definition) is 0. The fourth-order valence-corrected chi connectivity index (χ4v) is 1.91.